The van der Waals surface area contributed by atoms with Gasteiger partial charge in [0, 0.05) is 17.8 Å². The van der Waals surface area contributed by atoms with Crippen LogP contribution in [0.3, 0.4) is 0 Å². The molecule has 0 radical (unpaired) electrons. The van der Waals surface area contributed by atoms with Crippen LogP contribution in [-0.4, -0.2) is 27.7 Å². The first-order valence-corrected chi connectivity index (χ1v) is 6.48. The number of aliphatic hydroxyl groups is 1. The number of halogens is 1. The number of rotatable bonds is 5. The van der Waals surface area contributed by atoms with Gasteiger partial charge in [0.25, 0.3) is 0 Å². The molecular weight excluding hydrogens is 307 g/mol. The predicted octanol–water partition coefficient (Wildman–Crippen LogP) is 1.91. The van der Waals surface area contributed by atoms with Crippen molar-refractivity contribution in [1.29, 1.82) is 0 Å². The van der Waals surface area contributed by atoms with Crippen molar-refractivity contribution in [3.8, 4) is 11.8 Å². The molecule has 0 saturated carbocycles. The fourth-order valence-electron chi connectivity index (χ4n) is 0.821. The molecule has 0 saturated heterocycles. The van der Waals surface area contributed by atoms with Gasteiger partial charge in [0.05, 0.1) is 0 Å². The molecule has 0 heterocycles. The lowest BCUT2D eigenvalue weighted by molar-refractivity contribution is -0.145. The zero-order valence-electron chi connectivity index (χ0n) is 9.18. The maximum absolute atomic E-state index is 10.6. The molecule has 0 aliphatic rings. The molecule has 0 aromatic carbocycles. The predicted molar refractivity (Wildman–Crippen MR) is 67.8 cm³/mol. The smallest absolute Gasteiger partial charge is 0.302 e. The molecule has 0 bridgehead atoms. The van der Waals surface area contributed by atoms with E-state index in [4.69, 9.17) is 4.74 Å². The van der Waals surface area contributed by atoms with Gasteiger partial charge in [0.1, 0.15) is 6.61 Å². The van der Waals surface area contributed by atoms with E-state index in [1.165, 1.54) is 6.92 Å². The Kier molecular flexibility index (Phi) is 7.79. The Morgan fingerprint density at radius 2 is 2.27 bits per heavy atom. The van der Waals surface area contributed by atoms with E-state index in [-0.39, 0.29) is 6.61 Å². The molecule has 0 fully saturated rings. The Hall–Kier alpha value is -0.280. The van der Waals surface area contributed by atoms with Crippen molar-refractivity contribution >= 4 is 28.6 Å². The van der Waals surface area contributed by atoms with Crippen molar-refractivity contribution in [3.05, 3.63) is 0 Å². The van der Waals surface area contributed by atoms with Crippen LogP contribution in [0.2, 0.25) is 0 Å². The Labute approximate surface area is 105 Å². The van der Waals surface area contributed by atoms with Crippen LogP contribution in [0.25, 0.3) is 0 Å². The Bertz CT molecular complexity index is 254. The topological polar surface area (TPSA) is 46.5 Å². The summed E-state index contributed by atoms with van der Waals surface area (Å²) in [6, 6.07) is 0. The highest BCUT2D eigenvalue weighted by Crippen LogP contribution is 2.09. The number of hydrogen-bond donors (Lipinski definition) is 1. The lowest BCUT2D eigenvalue weighted by Crippen LogP contribution is -2.35. The standard InChI is InChI=1S/C11H17IO3/c1-3-4-5-6-7-11(14,8-12)9-15-10(2)13/h14H,3-5,8-9H2,1-2H3/t11-/m0/s1. The monoisotopic (exact) mass is 324 g/mol. The summed E-state index contributed by atoms with van der Waals surface area (Å²) < 4.78 is 5.19. The third-order valence-corrected chi connectivity index (χ3v) is 2.97. The van der Waals surface area contributed by atoms with Gasteiger partial charge >= 0.3 is 5.97 Å². The third-order valence-electron chi connectivity index (χ3n) is 1.71. The number of esters is 1. The molecule has 1 atom stereocenters. The van der Waals surface area contributed by atoms with E-state index in [1.807, 2.05) is 22.6 Å². The molecule has 0 amide bonds. The SMILES string of the molecule is CCCCC#C[C@](O)(CI)COC(C)=O. The molecule has 3 nitrogen and oxygen atoms in total. The van der Waals surface area contributed by atoms with E-state index in [1.54, 1.807) is 0 Å². The quantitative estimate of drug-likeness (QED) is 0.276. The number of ether oxygens (including phenoxy) is 1. The van der Waals surface area contributed by atoms with Gasteiger partial charge in [-0.25, -0.2) is 0 Å². The number of hydrogen-bond acceptors (Lipinski definition) is 3. The molecule has 0 spiro atoms. The van der Waals surface area contributed by atoms with E-state index in [2.05, 4.69) is 18.8 Å². The van der Waals surface area contributed by atoms with Gasteiger partial charge in [-0.1, -0.05) is 41.9 Å². The third kappa shape index (κ3) is 7.63. The lowest BCUT2D eigenvalue weighted by Gasteiger charge is -2.18. The summed E-state index contributed by atoms with van der Waals surface area (Å²) in [5, 5.41) is 9.91. The van der Waals surface area contributed by atoms with Gasteiger partial charge in [0.2, 0.25) is 0 Å². The first-order valence-electron chi connectivity index (χ1n) is 4.96. The van der Waals surface area contributed by atoms with Crippen LogP contribution in [0.1, 0.15) is 33.1 Å². The molecule has 4 heteroatoms. The average molecular weight is 324 g/mol. The molecule has 0 aromatic heterocycles. The molecule has 1 N–H and O–H groups in total. The summed E-state index contributed by atoms with van der Waals surface area (Å²) in [6.45, 7) is 3.35. The van der Waals surface area contributed by atoms with E-state index < -0.39 is 11.6 Å². The molecule has 0 aliphatic heterocycles. The zero-order chi connectivity index (χ0) is 11.7. The minimum Gasteiger partial charge on any atom is -0.462 e. The molecule has 0 aromatic rings. The largest absolute Gasteiger partial charge is 0.462 e. The molecular formula is C11H17IO3. The van der Waals surface area contributed by atoms with Crippen molar-refractivity contribution in [2.75, 3.05) is 11.0 Å². The molecule has 15 heavy (non-hydrogen) atoms. The lowest BCUT2D eigenvalue weighted by atomic mass is 10.1. The van der Waals surface area contributed by atoms with Crippen molar-refractivity contribution in [3.63, 3.8) is 0 Å². The van der Waals surface area contributed by atoms with Crippen LogP contribution in [0.4, 0.5) is 0 Å². The second kappa shape index (κ2) is 7.94. The summed E-state index contributed by atoms with van der Waals surface area (Å²) in [7, 11) is 0. The summed E-state index contributed by atoms with van der Waals surface area (Å²) >= 11 is 2.03. The van der Waals surface area contributed by atoms with Crippen LogP contribution in [-0.2, 0) is 9.53 Å². The maximum atomic E-state index is 10.6. The van der Waals surface area contributed by atoms with Gasteiger partial charge in [0.15, 0.2) is 5.60 Å². The first-order chi connectivity index (χ1) is 7.04. The van der Waals surface area contributed by atoms with Crippen molar-refractivity contribution in [1.82, 2.24) is 0 Å². The number of carbonyl (C=O) groups is 1. The van der Waals surface area contributed by atoms with Crippen LogP contribution in [0.15, 0.2) is 0 Å². The van der Waals surface area contributed by atoms with E-state index in [9.17, 15) is 9.90 Å². The van der Waals surface area contributed by atoms with Crippen molar-refractivity contribution in [2.24, 2.45) is 0 Å². The minimum absolute atomic E-state index is 0.0512. The Morgan fingerprint density at radius 3 is 2.73 bits per heavy atom. The van der Waals surface area contributed by atoms with Gasteiger partial charge in [-0.2, -0.15) is 0 Å². The Balaban J connectivity index is 4.14. The normalized spacial score (nSPS) is 13.6. The molecule has 86 valence electrons. The highest BCUT2D eigenvalue weighted by Gasteiger charge is 2.24. The van der Waals surface area contributed by atoms with E-state index in [0.717, 1.165) is 19.3 Å². The van der Waals surface area contributed by atoms with Crippen molar-refractivity contribution < 1.29 is 14.6 Å². The second-order valence-electron chi connectivity index (χ2n) is 3.35. The van der Waals surface area contributed by atoms with Gasteiger partial charge in [-0.3, -0.25) is 4.79 Å². The zero-order valence-corrected chi connectivity index (χ0v) is 11.3. The minimum atomic E-state index is -1.19. The van der Waals surface area contributed by atoms with Gasteiger partial charge in [-0.05, 0) is 6.42 Å². The summed E-state index contributed by atoms with van der Waals surface area (Å²) in [5.41, 5.74) is -1.19. The number of carbonyl (C=O) groups excluding carboxylic acids is 1. The van der Waals surface area contributed by atoms with E-state index in [0.29, 0.717) is 4.43 Å². The van der Waals surface area contributed by atoms with Crippen LogP contribution in [0, 0.1) is 11.8 Å². The first kappa shape index (κ1) is 14.7. The number of unbranched alkanes of at least 4 members (excludes halogenated alkanes) is 2. The maximum Gasteiger partial charge on any atom is 0.302 e. The summed E-state index contributed by atoms with van der Waals surface area (Å²) in [6.07, 6.45) is 2.88. The number of alkyl halides is 1. The van der Waals surface area contributed by atoms with Gasteiger partial charge in [-0.15, -0.1) is 5.92 Å². The molecule has 0 rings (SSSR count). The Morgan fingerprint density at radius 1 is 1.60 bits per heavy atom. The summed E-state index contributed by atoms with van der Waals surface area (Å²) in [5.74, 6) is 5.27. The highest BCUT2D eigenvalue weighted by molar-refractivity contribution is 14.1. The fraction of sp³-hybridized carbons (Fsp3) is 0.727. The van der Waals surface area contributed by atoms with Gasteiger partial charge < -0.3 is 9.84 Å². The molecule has 0 aliphatic carbocycles. The average Bonchev–Trinajstić information content (AvgIpc) is 2.22. The van der Waals surface area contributed by atoms with Crippen molar-refractivity contribution in [2.45, 2.75) is 38.7 Å². The van der Waals surface area contributed by atoms with E-state index >= 15 is 0 Å². The summed E-state index contributed by atoms with van der Waals surface area (Å²) in [4.78, 5) is 10.6. The second-order valence-corrected chi connectivity index (χ2v) is 4.11. The fourth-order valence-corrected chi connectivity index (χ4v) is 1.23. The van der Waals surface area contributed by atoms with Crippen LogP contribution in [0.5, 0.6) is 0 Å². The van der Waals surface area contributed by atoms with Crippen LogP contribution >= 0.6 is 22.6 Å². The van der Waals surface area contributed by atoms with Crippen LogP contribution < -0.4 is 0 Å². The molecule has 0 unspecified atom stereocenters. The highest BCUT2D eigenvalue weighted by atomic mass is 127.